The van der Waals surface area contributed by atoms with Crippen molar-refractivity contribution in [1.29, 1.82) is 0 Å². The Bertz CT molecular complexity index is 1150. The summed E-state index contributed by atoms with van der Waals surface area (Å²) in [6.07, 6.45) is 8.80. The number of ether oxygens (including phenoxy) is 2. The van der Waals surface area contributed by atoms with Crippen molar-refractivity contribution in [3.05, 3.63) is 58.7 Å². The lowest BCUT2D eigenvalue weighted by Gasteiger charge is -2.27. The van der Waals surface area contributed by atoms with Gasteiger partial charge in [-0.2, -0.15) is 0 Å². The number of benzene rings is 2. The van der Waals surface area contributed by atoms with Crippen LogP contribution in [0.25, 0.3) is 6.08 Å². The van der Waals surface area contributed by atoms with Crippen molar-refractivity contribution in [2.24, 2.45) is 0 Å². The predicted molar refractivity (Wildman–Crippen MR) is 135 cm³/mol. The van der Waals surface area contributed by atoms with Crippen LogP contribution >= 0.6 is 11.8 Å². The molecule has 1 unspecified atom stereocenters. The van der Waals surface area contributed by atoms with E-state index in [1.165, 1.54) is 0 Å². The summed E-state index contributed by atoms with van der Waals surface area (Å²) < 4.78 is 11.2. The third kappa shape index (κ3) is 5.78. The minimum absolute atomic E-state index is 0.0628. The number of thioether (sulfide) groups is 1. The molecule has 0 saturated heterocycles. The average molecular weight is 495 g/mol. The first-order valence-electron chi connectivity index (χ1n) is 12.0. The van der Waals surface area contributed by atoms with Gasteiger partial charge in [-0.3, -0.25) is 9.59 Å². The van der Waals surface area contributed by atoms with E-state index >= 15 is 0 Å². The van der Waals surface area contributed by atoms with E-state index in [9.17, 15) is 19.5 Å². The number of hydrogen-bond donors (Lipinski definition) is 1. The van der Waals surface area contributed by atoms with Gasteiger partial charge in [0.15, 0.2) is 0 Å². The fourth-order valence-corrected chi connectivity index (χ4v) is 5.05. The highest BCUT2D eigenvalue weighted by atomic mass is 32.2. The molecule has 0 bridgehead atoms. The topological polar surface area (TPSA) is 89.9 Å². The maximum atomic E-state index is 13.3. The average Bonchev–Trinajstić information content (AvgIpc) is 2.82. The maximum Gasteiger partial charge on any atom is 0.342 e. The van der Waals surface area contributed by atoms with Gasteiger partial charge in [0.25, 0.3) is 0 Å². The zero-order chi connectivity index (χ0) is 24.9. The van der Waals surface area contributed by atoms with E-state index in [1.807, 2.05) is 36.6 Å². The third-order valence-corrected chi connectivity index (χ3v) is 7.24. The lowest BCUT2D eigenvalue weighted by atomic mass is 9.83. The molecule has 2 heterocycles. The molecule has 0 saturated carbocycles. The molecular weight excluding hydrogens is 464 g/mol. The summed E-state index contributed by atoms with van der Waals surface area (Å²) in [5.41, 5.74) is 1.78. The first kappa shape index (κ1) is 25.0. The smallest absolute Gasteiger partial charge is 0.342 e. The van der Waals surface area contributed by atoms with E-state index in [0.29, 0.717) is 49.7 Å². The van der Waals surface area contributed by atoms with Crippen LogP contribution in [-0.2, 0) is 14.3 Å². The summed E-state index contributed by atoms with van der Waals surface area (Å²) in [4.78, 5) is 38.8. The van der Waals surface area contributed by atoms with Crippen molar-refractivity contribution in [2.45, 2.75) is 68.8 Å². The number of allylic oxidation sites excluding steroid dienone is 1. The Balaban J connectivity index is 1.79. The number of fused-ring (bicyclic) bond motifs is 2. The highest BCUT2D eigenvalue weighted by molar-refractivity contribution is 7.98. The standard InChI is InChI=1S/C28H30O6S/c1-17-7-6-10-20(29)9-5-3-4-8-19-15-23-26(27(31)25(19)28(32)33-17)22(16-24(30)34-23)18-11-13-21(35-2)14-12-18/h4,8,11-15,17,22,31H,3,5-7,9-10,16H2,1-2H3/b8-4+/t17-,22?/m0/s1. The fourth-order valence-electron chi connectivity index (χ4n) is 4.64. The van der Waals surface area contributed by atoms with Gasteiger partial charge in [0.1, 0.15) is 22.8 Å². The molecule has 2 aliphatic heterocycles. The number of carbonyl (C=O) groups excluding carboxylic acids is 3. The number of carbonyl (C=O) groups is 3. The number of cyclic esters (lactones) is 1. The Kier molecular flexibility index (Phi) is 7.96. The Morgan fingerprint density at radius 2 is 1.80 bits per heavy atom. The second kappa shape index (κ2) is 11.1. The van der Waals surface area contributed by atoms with E-state index in [0.717, 1.165) is 10.5 Å². The van der Waals surface area contributed by atoms with E-state index in [1.54, 1.807) is 30.8 Å². The molecule has 6 nitrogen and oxygen atoms in total. The summed E-state index contributed by atoms with van der Waals surface area (Å²) in [5, 5.41) is 11.4. The number of phenols is 1. The summed E-state index contributed by atoms with van der Waals surface area (Å²) in [6.45, 7) is 1.79. The monoisotopic (exact) mass is 494 g/mol. The van der Waals surface area contributed by atoms with E-state index in [-0.39, 0.29) is 29.3 Å². The van der Waals surface area contributed by atoms with Crippen LogP contribution in [0.5, 0.6) is 11.5 Å². The van der Waals surface area contributed by atoms with E-state index in [2.05, 4.69) is 0 Å². The molecule has 35 heavy (non-hydrogen) atoms. The summed E-state index contributed by atoms with van der Waals surface area (Å²) in [5.74, 6) is -1.22. The summed E-state index contributed by atoms with van der Waals surface area (Å²) in [7, 11) is 0. The van der Waals surface area contributed by atoms with Gasteiger partial charge in [0.05, 0.1) is 12.5 Å². The lowest BCUT2D eigenvalue weighted by Crippen LogP contribution is -2.23. The number of hydrogen-bond acceptors (Lipinski definition) is 7. The highest BCUT2D eigenvalue weighted by Crippen LogP contribution is 2.47. The van der Waals surface area contributed by atoms with Gasteiger partial charge >= 0.3 is 11.9 Å². The third-order valence-electron chi connectivity index (χ3n) is 6.50. The number of Topliss-reactive ketones (excluding diaryl/α,β-unsaturated/α-hetero) is 1. The molecule has 0 aliphatic carbocycles. The van der Waals surface area contributed by atoms with Gasteiger partial charge in [0, 0.05) is 29.2 Å². The van der Waals surface area contributed by atoms with E-state index < -0.39 is 24.0 Å². The lowest BCUT2D eigenvalue weighted by molar-refractivity contribution is -0.135. The van der Waals surface area contributed by atoms with Crippen LogP contribution in [0.15, 0.2) is 41.3 Å². The van der Waals surface area contributed by atoms with Gasteiger partial charge in [-0.05, 0) is 68.2 Å². The molecule has 0 aromatic heterocycles. The first-order valence-corrected chi connectivity index (χ1v) is 13.2. The first-order chi connectivity index (χ1) is 16.9. The summed E-state index contributed by atoms with van der Waals surface area (Å²) in [6, 6.07) is 9.45. The second-order valence-corrected chi connectivity index (χ2v) is 9.93. The van der Waals surface area contributed by atoms with Gasteiger partial charge in [0.2, 0.25) is 0 Å². The van der Waals surface area contributed by atoms with Crippen LogP contribution in [0.4, 0.5) is 0 Å². The number of rotatable bonds is 2. The Hall–Kier alpha value is -3.06. The van der Waals surface area contributed by atoms with Gasteiger partial charge in [-0.25, -0.2) is 4.79 Å². The van der Waals surface area contributed by atoms with Crippen molar-refractivity contribution < 1.29 is 29.0 Å². The molecular formula is C28H30O6S. The Labute approximate surface area is 209 Å². The quantitative estimate of drug-likeness (QED) is 0.309. The normalized spacial score (nSPS) is 22.3. The van der Waals surface area contributed by atoms with Crippen LogP contribution in [0.2, 0.25) is 0 Å². The number of phenolic OH excluding ortho intramolecular Hbond substituents is 1. The van der Waals surface area contributed by atoms with E-state index in [4.69, 9.17) is 9.47 Å². The zero-order valence-corrected chi connectivity index (χ0v) is 20.9. The Morgan fingerprint density at radius 3 is 2.54 bits per heavy atom. The molecule has 184 valence electrons. The van der Waals surface area contributed by atoms with Crippen molar-refractivity contribution in [3.8, 4) is 11.5 Å². The highest BCUT2D eigenvalue weighted by Gasteiger charge is 2.35. The van der Waals surface area contributed by atoms with Gasteiger partial charge in [-0.1, -0.05) is 24.3 Å². The summed E-state index contributed by atoms with van der Waals surface area (Å²) >= 11 is 1.62. The molecule has 2 aromatic rings. The second-order valence-electron chi connectivity index (χ2n) is 9.05. The molecule has 0 amide bonds. The van der Waals surface area contributed by atoms with Crippen molar-refractivity contribution in [3.63, 3.8) is 0 Å². The fraction of sp³-hybridized carbons (Fsp3) is 0.393. The number of ketones is 1. The molecule has 0 spiro atoms. The maximum absolute atomic E-state index is 13.3. The predicted octanol–water partition coefficient (Wildman–Crippen LogP) is 6.04. The van der Waals surface area contributed by atoms with Crippen LogP contribution in [0.3, 0.4) is 0 Å². The molecule has 1 N–H and O–H groups in total. The van der Waals surface area contributed by atoms with Gasteiger partial charge < -0.3 is 14.6 Å². The molecule has 2 atom stereocenters. The largest absolute Gasteiger partial charge is 0.507 e. The molecule has 2 aliphatic rings. The molecule has 0 radical (unpaired) electrons. The minimum Gasteiger partial charge on any atom is -0.507 e. The number of aromatic hydroxyl groups is 1. The molecule has 7 heteroatoms. The molecule has 4 rings (SSSR count). The van der Waals surface area contributed by atoms with Crippen LogP contribution < -0.4 is 4.74 Å². The van der Waals surface area contributed by atoms with Crippen molar-refractivity contribution >= 4 is 35.6 Å². The van der Waals surface area contributed by atoms with Crippen LogP contribution in [-0.4, -0.2) is 35.2 Å². The van der Waals surface area contributed by atoms with Crippen molar-refractivity contribution in [1.82, 2.24) is 0 Å². The SMILES string of the molecule is CSc1ccc(C2CC(=O)Oc3cc4c(c(O)c32)C(=O)O[C@@H](C)CCCC(=O)CCC/C=C/4)cc1. The molecule has 2 aromatic carbocycles. The Morgan fingerprint density at radius 1 is 1.06 bits per heavy atom. The zero-order valence-electron chi connectivity index (χ0n) is 20.0. The van der Waals surface area contributed by atoms with Crippen LogP contribution in [0.1, 0.15) is 84.8 Å². The molecule has 0 fully saturated rings. The van der Waals surface area contributed by atoms with Crippen molar-refractivity contribution in [2.75, 3.05) is 6.26 Å². The minimum atomic E-state index is -0.630. The van der Waals surface area contributed by atoms with Gasteiger partial charge in [-0.15, -0.1) is 11.8 Å². The number of esters is 2. The van der Waals surface area contributed by atoms with Crippen LogP contribution in [0, 0.1) is 0 Å².